The molecule has 0 unspecified atom stereocenters. The predicted octanol–water partition coefficient (Wildman–Crippen LogP) is 0.934. The van der Waals surface area contributed by atoms with Crippen LogP contribution in [0.1, 0.15) is 0 Å². The summed E-state index contributed by atoms with van der Waals surface area (Å²) in [6.45, 7) is 0. The van der Waals surface area contributed by atoms with Crippen molar-refractivity contribution < 1.29 is 9.42 Å². The minimum atomic E-state index is -0.773. The summed E-state index contributed by atoms with van der Waals surface area (Å²) in [6.07, 6.45) is 0. The fourth-order valence-corrected chi connectivity index (χ4v) is 0.676. The summed E-state index contributed by atoms with van der Waals surface area (Å²) in [7, 11) is 0. The van der Waals surface area contributed by atoms with Crippen LogP contribution in [0.4, 0.5) is 10.1 Å². The minimum Gasteiger partial charge on any atom is -0.248 e. The molecular formula is C6H6FN3O2. The van der Waals surface area contributed by atoms with Gasteiger partial charge in [-0.1, -0.05) is 6.07 Å². The van der Waals surface area contributed by atoms with E-state index in [2.05, 4.69) is 5.43 Å². The highest BCUT2D eigenvalue weighted by Gasteiger charge is 1.95. The van der Waals surface area contributed by atoms with Gasteiger partial charge in [-0.3, -0.25) is 0 Å². The Labute approximate surface area is 67.3 Å². The molecule has 64 valence electrons. The van der Waals surface area contributed by atoms with Gasteiger partial charge in [0.1, 0.15) is 5.82 Å². The number of rotatable bonds is 3. The smallest absolute Gasteiger partial charge is 0.178 e. The summed E-state index contributed by atoms with van der Waals surface area (Å²) in [6, 6.07) is 5.33. The molecule has 0 atom stereocenters. The molecule has 2 N–H and O–H groups in total. The van der Waals surface area contributed by atoms with E-state index in [0.717, 1.165) is 6.07 Å². The first-order valence-corrected chi connectivity index (χ1v) is 3.10. The third-order valence-electron chi connectivity index (χ3n) is 1.12. The number of benzene rings is 1. The highest BCUT2D eigenvalue weighted by Crippen LogP contribution is 2.06. The number of nitro groups is 1. The lowest BCUT2D eigenvalue weighted by Gasteiger charge is -2.00. The van der Waals surface area contributed by atoms with Crippen LogP contribution < -0.4 is 11.0 Å². The minimum absolute atomic E-state index is 0.298. The maximum absolute atomic E-state index is 12.5. The molecule has 1 aromatic rings. The average molecular weight is 171 g/mol. The lowest BCUT2D eigenvalue weighted by Crippen LogP contribution is -2.27. The Hall–Kier alpha value is -1.85. The third-order valence-corrected chi connectivity index (χ3v) is 1.12. The Balaban J connectivity index is 2.57. The summed E-state index contributed by atoms with van der Waals surface area (Å²) in [5.74, 6) is -0.454. The van der Waals surface area contributed by atoms with Crippen molar-refractivity contribution in [1.29, 1.82) is 0 Å². The maximum Gasteiger partial charge on any atom is 0.178 e. The van der Waals surface area contributed by atoms with E-state index in [1.807, 2.05) is 0 Å². The molecule has 1 rings (SSSR count). The van der Waals surface area contributed by atoms with E-state index >= 15 is 0 Å². The molecule has 0 spiro atoms. The second kappa shape index (κ2) is 3.51. The molecule has 1 aromatic carbocycles. The molecule has 0 aliphatic heterocycles. The molecule has 0 fully saturated rings. The normalized spacial score (nSPS) is 9.08. The van der Waals surface area contributed by atoms with Crippen molar-refractivity contribution >= 4 is 5.69 Å². The average Bonchev–Trinajstić information content (AvgIpc) is 2.01. The van der Waals surface area contributed by atoms with Crippen LogP contribution in [0.3, 0.4) is 0 Å². The summed E-state index contributed by atoms with van der Waals surface area (Å²) in [5, 5.41) is 9.02. The first-order valence-electron chi connectivity index (χ1n) is 3.10. The van der Waals surface area contributed by atoms with Gasteiger partial charge in [0.2, 0.25) is 0 Å². The SMILES string of the molecule is O=[N+]([O-])NNc1cccc(F)c1. The Morgan fingerprint density at radius 3 is 2.83 bits per heavy atom. The van der Waals surface area contributed by atoms with Gasteiger partial charge in [-0.15, -0.1) is 0 Å². The van der Waals surface area contributed by atoms with E-state index < -0.39 is 10.8 Å². The Morgan fingerprint density at radius 1 is 1.50 bits per heavy atom. The summed E-state index contributed by atoms with van der Waals surface area (Å²) < 4.78 is 12.5. The van der Waals surface area contributed by atoms with Crippen molar-refractivity contribution in [3.8, 4) is 0 Å². The van der Waals surface area contributed by atoms with Gasteiger partial charge in [0, 0.05) is 0 Å². The van der Waals surface area contributed by atoms with Crippen LogP contribution in [0, 0.1) is 15.9 Å². The van der Waals surface area contributed by atoms with E-state index in [4.69, 9.17) is 0 Å². The molecule has 0 aromatic heterocycles. The molecule has 5 nitrogen and oxygen atoms in total. The van der Waals surface area contributed by atoms with E-state index in [9.17, 15) is 14.5 Å². The summed E-state index contributed by atoms with van der Waals surface area (Å²) in [4.78, 5) is 9.80. The van der Waals surface area contributed by atoms with Gasteiger partial charge in [-0.05, 0) is 23.7 Å². The number of hydrazine groups is 2. The highest BCUT2D eigenvalue weighted by molar-refractivity contribution is 5.41. The lowest BCUT2D eigenvalue weighted by atomic mass is 10.3. The Morgan fingerprint density at radius 2 is 2.25 bits per heavy atom. The zero-order chi connectivity index (χ0) is 8.97. The zero-order valence-corrected chi connectivity index (χ0v) is 5.95. The van der Waals surface area contributed by atoms with E-state index in [0.29, 0.717) is 5.69 Å². The van der Waals surface area contributed by atoms with Crippen LogP contribution >= 0.6 is 0 Å². The number of nitrogens with zero attached hydrogens (tertiary/aromatic N) is 1. The van der Waals surface area contributed by atoms with Gasteiger partial charge in [-0.2, -0.15) is 0 Å². The first-order chi connectivity index (χ1) is 5.68. The molecular weight excluding hydrogens is 165 g/mol. The lowest BCUT2D eigenvalue weighted by molar-refractivity contribution is -0.538. The van der Waals surface area contributed by atoms with Gasteiger partial charge in [0.15, 0.2) is 5.03 Å². The number of hydrogen-bond donors (Lipinski definition) is 2. The number of halogens is 1. The molecule has 0 aliphatic carbocycles. The van der Waals surface area contributed by atoms with Crippen LogP contribution in [-0.4, -0.2) is 5.03 Å². The fraction of sp³-hybridized carbons (Fsp3) is 0. The van der Waals surface area contributed by atoms with Gasteiger partial charge in [0.25, 0.3) is 0 Å². The molecule has 0 saturated heterocycles. The van der Waals surface area contributed by atoms with Gasteiger partial charge >= 0.3 is 0 Å². The van der Waals surface area contributed by atoms with E-state index in [-0.39, 0.29) is 0 Å². The van der Waals surface area contributed by atoms with E-state index in [1.165, 1.54) is 18.2 Å². The van der Waals surface area contributed by atoms with Gasteiger partial charge in [0.05, 0.1) is 5.69 Å². The molecule has 6 heteroatoms. The predicted molar refractivity (Wildman–Crippen MR) is 40.2 cm³/mol. The maximum atomic E-state index is 12.5. The number of hydrogen-bond acceptors (Lipinski definition) is 3. The molecule has 0 amide bonds. The fourth-order valence-electron chi connectivity index (χ4n) is 0.676. The standard InChI is InChI=1S/C6H6FN3O2/c7-5-2-1-3-6(4-5)8-9-10(11)12/h1-4,8-9H. The third kappa shape index (κ3) is 2.41. The van der Waals surface area contributed by atoms with Crippen molar-refractivity contribution in [2.24, 2.45) is 0 Å². The molecule has 0 heterocycles. The van der Waals surface area contributed by atoms with Gasteiger partial charge in [-0.25, -0.2) is 19.9 Å². The largest absolute Gasteiger partial charge is 0.248 e. The van der Waals surface area contributed by atoms with Crippen molar-refractivity contribution in [3.05, 3.63) is 40.2 Å². The van der Waals surface area contributed by atoms with E-state index in [1.54, 1.807) is 5.53 Å². The topological polar surface area (TPSA) is 67.2 Å². The molecule has 0 saturated carbocycles. The summed E-state index contributed by atoms with van der Waals surface area (Å²) >= 11 is 0. The van der Waals surface area contributed by atoms with Crippen LogP contribution in [0.2, 0.25) is 0 Å². The number of anilines is 1. The Kier molecular flexibility index (Phi) is 2.42. The monoisotopic (exact) mass is 171 g/mol. The van der Waals surface area contributed by atoms with Crippen LogP contribution in [0.25, 0.3) is 0 Å². The summed E-state index contributed by atoms with van der Waals surface area (Å²) in [5.41, 5.74) is 4.19. The first kappa shape index (κ1) is 8.25. The second-order valence-corrected chi connectivity index (χ2v) is 2.00. The highest BCUT2D eigenvalue weighted by atomic mass is 19.1. The van der Waals surface area contributed by atoms with Crippen molar-refractivity contribution in [1.82, 2.24) is 5.53 Å². The molecule has 0 bridgehead atoms. The van der Waals surface area contributed by atoms with Gasteiger partial charge < -0.3 is 0 Å². The molecule has 0 aliphatic rings. The van der Waals surface area contributed by atoms with Crippen LogP contribution in [0.15, 0.2) is 24.3 Å². The zero-order valence-electron chi connectivity index (χ0n) is 5.95. The van der Waals surface area contributed by atoms with Crippen LogP contribution in [-0.2, 0) is 0 Å². The molecule has 0 radical (unpaired) electrons. The van der Waals surface area contributed by atoms with Crippen molar-refractivity contribution in [2.75, 3.05) is 5.43 Å². The second-order valence-electron chi connectivity index (χ2n) is 2.00. The van der Waals surface area contributed by atoms with Crippen LogP contribution in [0.5, 0.6) is 0 Å². The van der Waals surface area contributed by atoms with Crippen molar-refractivity contribution in [3.63, 3.8) is 0 Å². The Bertz CT molecular complexity index is 292. The van der Waals surface area contributed by atoms with Crippen molar-refractivity contribution in [2.45, 2.75) is 0 Å². The number of nitrogens with one attached hydrogen (secondary N) is 2. The molecule has 12 heavy (non-hydrogen) atoms. The quantitative estimate of drug-likeness (QED) is 0.524.